The second kappa shape index (κ2) is 12.9. The summed E-state index contributed by atoms with van der Waals surface area (Å²) in [6, 6.07) is 19.2. The zero-order chi connectivity index (χ0) is 28.6. The second-order valence-electron chi connectivity index (χ2n) is 8.76. The summed E-state index contributed by atoms with van der Waals surface area (Å²) in [5, 5.41) is 25.9. The predicted octanol–water partition coefficient (Wildman–Crippen LogP) is 4.85. The number of nitrogens with one attached hydrogen (secondary N) is 2. The molecule has 0 bridgehead atoms. The van der Waals surface area contributed by atoms with Gasteiger partial charge in [0.2, 0.25) is 5.91 Å². The van der Waals surface area contributed by atoms with Crippen LogP contribution in [0, 0.1) is 24.0 Å². The van der Waals surface area contributed by atoms with E-state index in [2.05, 4.69) is 20.8 Å². The fraction of sp³-hybridized carbons (Fsp3) is 0.214. The van der Waals surface area contributed by atoms with E-state index >= 15 is 0 Å². The smallest absolute Gasteiger partial charge is 0.273 e. The predicted molar refractivity (Wildman–Crippen MR) is 152 cm³/mol. The third kappa shape index (κ3) is 6.83. The van der Waals surface area contributed by atoms with Crippen molar-refractivity contribution in [1.82, 2.24) is 20.1 Å². The van der Waals surface area contributed by atoms with Crippen LogP contribution < -0.4 is 15.4 Å². The lowest BCUT2D eigenvalue weighted by Crippen LogP contribution is -2.25. The molecule has 0 aliphatic rings. The van der Waals surface area contributed by atoms with Crippen LogP contribution in [0.2, 0.25) is 0 Å². The number of amides is 2. The average molecular weight is 561 g/mol. The molecule has 0 atom stereocenters. The number of ether oxygens (including phenoxy) is 1. The van der Waals surface area contributed by atoms with Gasteiger partial charge < -0.3 is 15.4 Å². The molecule has 0 spiro atoms. The average Bonchev–Trinajstić information content (AvgIpc) is 3.34. The third-order valence-electron chi connectivity index (χ3n) is 5.89. The van der Waals surface area contributed by atoms with Gasteiger partial charge in [-0.1, -0.05) is 30.0 Å². The van der Waals surface area contributed by atoms with Gasteiger partial charge in [0, 0.05) is 28.6 Å². The Morgan fingerprint density at radius 3 is 2.50 bits per heavy atom. The first kappa shape index (κ1) is 28.3. The molecule has 206 valence electrons. The molecule has 2 N–H and O–H groups in total. The number of carbonyl (C=O) groups is 2. The van der Waals surface area contributed by atoms with Crippen molar-refractivity contribution in [3.8, 4) is 11.4 Å². The van der Waals surface area contributed by atoms with Crippen LogP contribution in [-0.4, -0.2) is 43.9 Å². The number of hydrogen-bond acceptors (Lipinski definition) is 8. The molecule has 11 nitrogen and oxygen atoms in total. The highest BCUT2D eigenvalue weighted by molar-refractivity contribution is 7.99. The lowest BCUT2D eigenvalue weighted by atomic mass is 10.1. The highest BCUT2D eigenvalue weighted by Crippen LogP contribution is 2.25. The number of hydrogen-bond donors (Lipinski definition) is 2. The van der Waals surface area contributed by atoms with Gasteiger partial charge in [-0.05, 0) is 68.8 Å². The topological polar surface area (TPSA) is 141 Å². The first-order chi connectivity index (χ1) is 19.3. The minimum Gasteiger partial charge on any atom is -0.494 e. The lowest BCUT2D eigenvalue weighted by Gasteiger charge is -2.12. The van der Waals surface area contributed by atoms with E-state index in [4.69, 9.17) is 4.74 Å². The normalized spacial score (nSPS) is 10.7. The summed E-state index contributed by atoms with van der Waals surface area (Å²) in [7, 11) is 0. The maximum Gasteiger partial charge on any atom is 0.273 e. The van der Waals surface area contributed by atoms with Gasteiger partial charge in [-0.3, -0.25) is 24.3 Å². The number of nitro benzene ring substituents is 1. The van der Waals surface area contributed by atoms with E-state index in [1.165, 1.54) is 36.9 Å². The molecule has 0 aliphatic carbocycles. The van der Waals surface area contributed by atoms with Crippen LogP contribution in [0.5, 0.6) is 5.75 Å². The maximum atomic E-state index is 12.9. The first-order valence-electron chi connectivity index (χ1n) is 12.5. The molecule has 1 heterocycles. The van der Waals surface area contributed by atoms with Crippen LogP contribution in [0.15, 0.2) is 71.9 Å². The zero-order valence-corrected chi connectivity index (χ0v) is 23.0. The van der Waals surface area contributed by atoms with Gasteiger partial charge in [0.05, 0.1) is 23.8 Å². The monoisotopic (exact) mass is 560 g/mol. The van der Waals surface area contributed by atoms with E-state index in [1.54, 1.807) is 4.57 Å². The largest absolute Gasteiger partial charge is 0.494 e. The van der Waals surface area contributed by atoms with Crippen molar-refractivity contribution in [2.75, 3.05) is 17.7 Å². The molecule has 2 amide bonds. The Morgan fingerprint density at radius 1 is 1.05 bits per heavy atom. The molecule has 12 heteroatoms. The summed E-state index contributed by atoms with van der Waals surface area (Å²) < 4.78 is 7.30. The fourth-order valence-electron chi connectivity index (χ4n) is 4.00. The number of carbonyl (C=O) groups excluding carboxylic acids is 2. The number of aromatic nitrogens is 3. The number of anilines is 1. The van der Waals surface area contributed by atoms with E-state index in [0.29, 0.717) is 34.7 Å². The van der Waals surface area contributed by atoms with Crippen LogP contribution in [0.4, 0.5) is 11.4 Å². The van der Waals surface area contributed by atoms with Crippen molar-refractivity contribution in [2.45, 2.75) is 32.5 Å². The van der Waals surface area contributed by atoms with Gasteiger partial charge in [0.15, 0.2) is 11.0 Å². The Hall–Kier alpha value is -4.71. The van der Waals surface area contributed by atoms with Crippen molar-refractivity contribution >= 4 is 35.0 Å². The van der Waals surface area contributed by atoms with E-state index < -0.39 is 10.8 Å². The van der Waals surface area contributed by atoms with Crippen LogP contribution >= 0.6 is 11.8 Å². The van der Waals surface area contributed by atoms with Crippen LogP contribution in [0.1, 0.15) is 34.2 Å². The number of nitrogens with zero attached hydrogens (tertiary/aromatic N) is 4. The molecule has 0 fully saturated rings. The second-order valence-corrected chi connectivity index (χ2v) is 9.70. The quantitative estimate of drug-likeness (QED) is 0.151. The number of aryl methyl sites for hydroxylation is 1. The molecule has 0 unspecified atom stereocenters. The highest BCUT2D eigenvalue weighted by Gasteiger charge is 2.20. The van der Waals surface area contributed by atoms with Crippen LogP contribution in [0.3, 0.4) is 0 Å². The van der Waals surface area contributed by atoms with Crippen molar-refractivity contribution in [1.29, 1.82) is 0 Å². The highest BCUT2D eigenvalue weighted by atomic mass is 32.2. The number of thioether (sulfide) groups is 1. The zero-order valence-electron chi connectivity index (χ0n) is 22.2. The number of rotatable bonds is 11. The summed E-state index contributed by atoms with van der Waals surface area (Å²) >= 11 is 1.21. The Morgan fingerprint density at radius 2 is 1.80 bits per heavy atom. The standard InChI is InChI=1S/C28H28N6O5S/c1-4-39-22-13-11-21(12-14-22)33-25(16-29-27(36)23-9-6-10-24(19(23)3)34(37)38)31-32-28(33)40-17-26(35)30-20-8-5-7-18(2)15-20/h5-15H,4,16-17H2,1-3H3,(H,29,36)(H,30,35). The Bertz CT molecular complexity index is 1540. The van der Waals surface area contributed by atoms with E-state index in [-0.39, 0.29) is 35.0 Å². The van der Waals surface area contributed by atoms with Crippen molar-refractivity contribution in [2.24, 2.45) is 0 Å². The van der Waals surface area contributed by atoms with Gasteiger partial charge in [-0.2, -0.15) is 0 Å². The Kier molecular flexibility index (Phi) is 9.12. The minimum atomic E-state index is -0.521. The summed E-state index contributed by atoms with van der Waals surface area (Å²) in [5.41, 5.74) is 2.79. The molecule has 4 rings (SSSR count). The van der Waals surface area contributed by atoms with E-state index in [9.17, 15) is 19.7 Å². The molecule has 1 aromatic heterocycles. The van der Waals surface area contributed by atoms with Crippen molar-refractivity contribution < 1.29 is 19.2 Å². The summed E-state index contributed by atoms with van der Waals surface area (Å²) in [6.07, 6.45) is 0. The van der Waals surface area contributed by atoms with Crippen molar-refractivity contribution in [3.05, 3.63) is 99.4 Å². The van der Waals surface area contributed by atoms with E-state index in [1.807, 2.05) is 62.4 Å². The fourth-order valence-corrected chi connectivity index (χ4v) is 4.77. The third-order valence-corrected chi connectivity index (χ3v) is 6.82. The molecule has 0 aliphatic heterocycles. The summed E-state index contributed by atoms with van der Waals surface area (Å²) in [6.45, 7) is 5.90. The molecule has 3 aromatic carbocycles. The summed E-state index contributed by atoms with van der Waals surface area (Å²) in [4.78, 5) is 36.3. The number of benzene rings is 3. The van der Waals surface area contributed by atoms with Gasteiger partial charge in [0.25, 0.3) is 11.6 Å². The van der Waals surface area contributed by atoms with Gasteiger partial charge in [-0.25, -0.2) is 0 Å². The Labute approximate surface area is 235 Å². The number of nitro groups is 1. The van der Waals surface area contributed by atoms with Gasteiger partial charge in [-0.15, -0.1) is 10.2 Å². The molecule has 0 saturated carbocycles. The molecule has 0 radical (unpaired) electrons. The van der Waals surface area contributed by atoms with Gasteiger partial charge >= 0.3 is 0 Å². The summed E-state index contributed by atoms with van der Waals surface area (Å²) in [5.74, 6) is 0.522. The Balaban J connectivity index is 1.54. The van der Waals surface area contributed by atoms with Crippen LogP contribution in [0.25, 0.3) is 5.69 Å². The molecule has 0 saturated heterocycles. The lowest BCUT2D eigenvalue weighted by molar-refractivity contribution is -0.385. The molecule has 4 aromatic rings. The molecule has 40 heavy (non-hydrogen) atoms. The maximum absolute atomic E-state index is 12.9. The SMILES string of the molecule is CCOc1ccc(-n2c(CNC(=O)c3cccc([N+](=O)[O-])c3C)nnc2SCC(=O)Nc2cccc(C)c2)cc1. The van der Waals surface area contributed by atoms with Crippen molar-refractivity contribution in [3.63, 3.8) is 0 Å². The van der Waals surface area contributed by atoms with Crippen LogP contribution in [-0.2, 0) is 11.3 Å². The molecular formula is C28H28N6O5S. The minimum absolute atomic E-state index is 0.00275. The first-order valence-corrected chi connectivity index (χ1v) is 13.4. The van der Waals surface area contributed by atoms with Gasteiger partial charge in [0.1, 0.15) is 5.75 Å². The van der Waals surface area contributed by atoms with E-state index in [0.717, 1.165) is 5.56 Å². The molecular weight excluding hydrogens is 532 g/mol.